The lowest BCUT2D eigenvalue weighted by Crippen LogP contribution is -2.65. The van der Waals surface area contributed by atoms with Crippen molar-refractivity contribution < 1.29 is 14.2 Å². The summed E-state index contributed by atoms with van der Waals surface area (Å²) >= 11 is 0. The van der Waals surface area contributed by atoms with Crippen molar-refractivity contribution in [2.45, 2.75) is 39.2 Å². The molecule has 1 rings (SSSR count). The number of amides is 1. The maximum Gasteiger partial charge on any atom is 0.329 e. The van der Waals surface area contributed by atoms with Crippen LogP contribution in [0.3, 0.4) is 0 Å². The van der Waals surface area contributed by atoms with Gasteiger partial charge in [0.2, 0.25) is 0 Å². The zero-order chi connectivity index (χ0) is 10.6. The van der Waals surface area contributed by atoms with Crippen LogP contribution in [0.15, 0.2) is 0 Å². The van der Waals surface area contributed by atoms with Gasteiger partial charge in [0.15, 0.2) is 0 Å². The number of aldehydes is 1. The van der Waals surface area contributed by atoms with Crippen LogP contribution < -0.4 is 5.43 Å². The Kier molecular flexibility index (Phi) is 3.77. The van der Waals surface area contributed by atoms with Crippen LogP contribution in [0.5, 0.6) is 0 Å². The second-order valence-corrected chi connectivity index (χ2v) is 4.05. The quantitative estimate of drug-likeness (QED) is 0.535. The second kappa shape index (κ2) is 4.66. The molecule has 0 radical (unpaired) electrons. The fourth-order valence-corrected chi connectivity index (χ4v) is 2.01. The van der Waals surface area contributed by atoms with Gasteiger partial charge in [0.1, 0.15) is 25.4 Å². The van der Waals surface area contributed by atoms with E-state index in [2.05, 4.69) is 5.43 Å². The Hall–Kier alpha value is -0.740. The second-order valence-electron chi connectivity index (χ2n) is 4.05. The largest absolute Gasteiger partial charge is 0.329 e. The van der Waals surface area contributed by atoms with Crippen molar-refractivity contribution >= 4 is 12.2 Å². The molecule has 1 heterocycles. The lowest BCUT2D eigenvalue weighted by Gasteiger charge is -2.38. The average Bonchev–Trinajstić information content (AvgIpc) is 2.19. The third-order valence-electron chi connectivity index (χ3n) is 2.84. The summed E-state index contributed by atoms with van der Waals surface area (Å²) < 4.78 is 0.278. The lowest BCUT2D eigenvalue weighted by molar-refractivity contribution is -0.904. The zero-order valence-electron chi connectivity index (χ0n) is 8.95. The highest BCUT2D eigenvalue weighted by molar-refractivity contribution is 5.66. The molecule has 0 unspecified atom stereocenters. The van der Waals surface area contributed by atoms with Crippen molar-refractivity contribution in [1.29, 1.82) is 0 Å². The molecule has 1 aliphatic rings. The highest BCUT2D eigenvalue weighted by atomic mass is 16.2. The summed E-state index contributed by atoms with van der Waals surface area (Å²) in [4.78, 5) is 22.1. The summed E-state index contributed by atoms with van der Waals surface area (Å²) in [5.74, 6) is 0.110. The summed E-state index contributed by atoms with van der Waals surface area (Å²) in [5, 5.41) is 0. The Morgan fingerprint density at radius 1 is 1.36 bits per heavy atom. The minimum Gasteiger partial charge on any atom is -0.301 e. The number of likely N-dealkylation sites (tertiary alicyclic amines) is 1. The van der Waals surface area contributed by atoms with Crippen LogP contribution in [0.1, 0.15) is 33.1 Å². The molecule has 1 amide bonds. The minimum atomic E-state index is -0.253. The molecule has 80 valence electrons. The Balaban J connectivity index is 2.70. The van der Waals surface area contributed by atoms with E-state index in [1.165, 1.54) is 6.42 Å². The summed E-state index contributed by atoms with van der Waals surface area (Å²) in [7, 11) is 0. The molecule has 0 aromatic rings. The van der Waals surface area contributed by atoms with Crippen LogP contribution in [0.2, 0.25) is 0 Å². The summed E-state index contributed by atoms with van der Waals surface area (Å²) in [6.07, 6.45) is 4.14. The highest BCUT2D eigenvalue weighted by Crippen LogP contribution is 2.16. The van der Waals surface area contributed by atoms with Gasteiger partial charge in [-0.2, -0.15) is 10.0 Å². The van der Waals surface area contributed by atoms with Gasteiger partial charge in [-0.25, -0.2) is 4.79 Å². The Morgan fingerprint density at radius 3 is 2.36 bits per heavy atom. The SMILES string of the molecule is CC(=O)[N+]1(N[C@@H](C)C=O)CCCCC1. The Morgan fingerprint density at radius 2 is 1.93 bits per heavy atom. The molecule has 1 fully saturated rings. The number of nitrogens with zero attached hydrogens (tertiary/aromatic N) is 1. The van der Waals surface area contributed by atoms with Crippen molar-refractivity contribution in [2.75, 3.05) is 13.1 Å². The molecule has 1 atom stereocenters. The molecular weight excluding hydrogens is 180 g/mol. The number of quaternary nitrogens is 1. The Labute approximate surface area is 84.8 Å². The predicted molar refractivity (Wildman–Crippen MR) is 53.2 cm³/mol. The normalized spacial score (nSPS) is 22.7. The van der Waals surface area contributed by atoms with Crippen molar-refractivity contribution in [1.82, 2.24) is 5.43 Å². The molecule has 4 heteroatoms. The third kappa shape index (κ3) is 2.39. The zero-order valence-corrected chi connectivity index (χ0v) is 8.95. The molecule has 0 saturated carbocycles. The van der Waals surface area contributed by atoms with E-state index in [0.29, 0.717) is 0 Å². The van der Waals surface area contributed by atoms with Crippen LogP contribution in [-0.2, 0) is 9.59 Å². The maximum atomic E-state index is 11.6. The van der Waals surface area contributed by atoms with Crippen LogP contribution in [-0.4, -0.2) is 35.9 Å². The molecule has 14 heavy (non-hydrogen) atoms. The van der Waals surface area contributed by atoms with Crippen molar-refractivity contribution in [2.24, 2.45) is 0 Å². The minimum absolute atomic E-state index is 0.110. The van der Waals surface area contributed by atoms with E-state index in [9.17, 15) is 9.59 Å². The molecule has 1 saturated heterocycles. The van der Waals surface area contributed by atoms with Crippen LogP contribution >= 0.6 is 0 Å². The molecule has 4 nitrogen and oxygen atoms in total. The first kappa shape index (κ1) is 11.3. The van der Waals surface area contributed by atoms with E-state index in [0.717, 1.165) is 32.2 Å². The van der Waals surface area contributed by atoms with Gasteiger partial charge < -0.3 is 4.79 Å². The van der Waals surface area contributed by atoms with Crippen molar-refractivity contribution in [3.63, 3.8) is 0 Å². The van der Waals surface area contributed by atoms with Gasteiger partial charge in [0.05, 0.1) is 6.92 Å². The van der Waals surface area contributed by atoms with Gasteiger partial charge in [0.25, 0.3) is 0 Å². The van der Waals surface area contributed by atoms with Crippen LogP contribution in [0, 0.1) is 0 Å². The van der Waals surface area contributed by atoms with Gasteiger partial charge in [-0.15, -0.1) is 0 Å². The van der Waals surface area contributed by atoms with Crippen LogP contribution in [0.25, 0.3) is 0 Å². The smallest absolute Gasteiger partial charge is 0.301 e. The third-order valence-corrected chi connectivity index (χ3v) is 2.84. The molecular formula is C10H19N2O2+. The summed E-state index contributed by atoms with van der Waals surface area (Å²) in [5.41, 5.74) is 3.10. The lowest BCUT2D eigenvalue weighted by atomic mass is 10.1. The van der Waals surface area contributed by atoms with Gasteiger partial charge >= 0.3 is 5.91 Å². The molecule has 0 spiro atoms. The number of hydrogen-bond acceptors (Lipinski definition) is 3. The van der Waals surface area contributed by atoms with Crippen LogP contribution in [0.4, 0.5) is 0 Å². The van der Waals surface area contributed by atoms with E-state index in [1.807, 2.05) is 0 Å². The topological polar surface area (TPSA) is 46.2 Å². The van der Waals surface area contributed by atoms with Gasteiger partial charge in [-0.05, 0) is 26.2 Å². The maximum absolute atomic E-state index is 11.6. The first-order valence-electron chi connectivity index (χ1n) is 5.22. The number of carbonyl (C=O) groups excluding carboxylic acids is 2. The van der Waals surface area contributed by atoms with E-state index >= 15 is 0 Å². The van der Waals surface area contributed by atoms with Gasteiger partial charge in [0, 0.05) is 0 Å². The van der Waals surface area contributed by atoms with Crippen molar-refractivity contribution in [3.05, 3.63) is 0 Å². The van der Waals surface area contributed by atoms with E-state index in [1.54, 1.807) is 13.8 Å². The fourth-order valence-electron chi connectivity index (χ4n) is 2.01. The number of piperidine rings is 1. The first-order chi connectivity index (χ1) is 6.60. The monoisotopic (exact) mass is 199 g/mol. The van der Waals surface area contributed by atoms with Gasteiger partial charge in [-0.3, -0.25) is 0 Å². The standard InChI is InChI=1S/C10H19N2O2/c1-9(8-13)11-12(10(2)14)6-4-3-5-7-12/h8-9,11H,3-7H2,1-2H3/q+1/t9-/m0/s1. The average molecular weight is 199 g/mol. The molecule has 1 aliphatic heterocycles. The molecule has 0 bridgehead atoms. The number of rotatable bonds is 3. The first-order valence-corrected chi connectivity index (χ1v) is 5.22. The molecule has 0 aliphatic carbocycles. The van der Waals surface area contributed by atoms with E-state index in [4.69, 9.17) is 0 Å². The predicted octanol–water partition coefficient (Wildman–Crippen LogP) is 0.626. The number of hydrogen-bond donors (Lipinski definition) is 1. The van der Waals surface area contributed by atoms with Crippen molar-refractivity contribution in [3.8, 4) is 0 Å². The van der Waals surface area contributed by atoms with Gasteiger partial charge in [-0.1, -0.05) is 0 Å². The number of nitrogens with one attached hydrogen (secondary N) is 1. The fraction of sp³-hybridized carbons (Fsp3) is 0.800. The van der Waals surface area contributed by atoms with E-state index in [-0.39, 0.29) is 16.5 Å². The highest BCUT2D eigenvalue weighted by Gasteiger charge is 2.36. The molecule has 1 N–H and O–H groups in total. The summed E-state index contributed by atoms with van der Waals surface area (Å²) in [6.45, 7) is 5.00. The van der Waals surface area contributed by atoms with E-state index < -0.39 is 0 Å². The Bertz CT molecular complexity index is 222. The molecule has 0 aromatic heterocycles. The summed E-state index contributed by atoms with van der Waals surface area (Å²) in [6, 6.07) is -0.253. The molecule has 0 aromatic carbocycles. The number of carbonyl (C=O) groups is 2.